The molecule has 1 saturated heterocycles. The van der Waals surface area contributed by atoms with Gasteiger partial charge in [-0.05, 0) is 19.8 Å². The fraction of sp³-hybridized carbons (Fsp3) is 0.583. The van der Waals surface area contributed by atoms with Crippen LogP contribution in [-0.4, -0.2) is 41.1 Å². The first-order valence-corrected chi connectivity index (χ1v) is 6.70. The molecule has 7 heteroatoms. The number of nitrogens with one attached hydrogen (secondary N) is 1. The van der Waals surface area contributed by atoms with Crippen molar-refractivity contribution in [3.05, 3.63) is 11.3 Å². The van der Waals surface area contributed by atoms with Crippen molar-refractivity contribution >= 4 is 29.3 Å². The topological polar surface area (TPSA) is 75.3 Å². The number of aryl methyl sites for hydroxylation is 1. The maximum absolute atomic E-state index is 11.9. The number of H-pyrrole nitrogens is 1. The van der Waals surface area contributed by atoms with Crippen molar-refractivity contribution in [2.24, 2.45) is 5.92 Å². The van der Waals surface area contributed by atoms with Gasteiger partial charge in [0.2, 0.25) is 5.91 Å². The summed E-state index contributed by atoms with van der Waals surface area (Å²) in [4.78, 5) is 25.4. The van der Waals surface area contributed by atoms with E-state index < -0.39 is 5.97 Å². The summed E-state index contributed by atoms with van der Waals surface area (Å²) in [6.45, 7) is 4.22. The van der Waals surface area contributed by atoms with E-state index in [0.29, 0.717) is 35.9 Å². The third kappa shape index (κ3) is 2.58. The first kappa shape index (κ1) is 13.9. The van der Waals surface area contributed by atoms with Crippen molar-refractivity contribution in [1.29, 1.82) is 0 Å². The summed E-state index contributed by atoms with van der Waals surface area (Å²) in [5.41, 5.74) is 0.918. The third-order valence-corrected chi connectivity index (χ3v) is 3.52. The number of anilines is 1. The number of hydrogen-bond acceptors (Lipinski definition) is 4. The van der Waals surface area contributed by atoms with Gasteiger partial charge in [-0.15, -0.1) is 11.6 Å². The number of rotatable bonds is 4. The SMILES string of the molecule is CCOC(=O)c1c(N2CC(CCl)CC2=O)n[nH]c1C. The number of carbonyl (C=O) groups excluding carboxylic acids is 2. The number of aromatic amines is 1. The maximum atomic E-state index is 11.9. The minimum atomic E-state index is -0.467. The van der Waals surface area contributed by atoms with Gasteiger partial charge in [-0.1, -0.05) is 0 Å². The molecule has 1 atom stereocenters. The monoisotopic (exact) mass is 285 g/mol. The highest BCUT2D eigenvalue weighted by atomic mass is 35.5. The van der Waals surface area contributed by atoms with Gasteiger partial charge in [0.1, 0.15) is 5.56 Å². The lowest BCUT2D eigenvalue weighted by molar-refractivity contribution is -0.117. The van der Waals surface area contributed by atoms with Crippen molar-refractivity contribution in [3.63, 3.8) is 0 Å². The van der Waals surface area contributed by atoms with Crippen LogP contribution < -0.4 is 4.90 Å². The van der Waals surface area contributed by atoms with Gasteiger partial charge in [0.25, 0.3) is 0 Å². The van der Waals surface area contributed by atoms with Gasteiger partial charge in [0.05, 0.1) is 6.61 Å². The van der Waals surface area contributed by atoms with Crippen LogP contribution in [0.25, 0.3) is 0 Å². The molecule has 0 aromatic carbocycles. The molecule has 1 aliphatic rings. The Labute approximate surface area is 116 Å². The van der Waals surface area contributed by atoms with Gasteiger partial charge in [-0.25, -0.2) is 4.79 Å². The predicted octanol–water partition coefficient (Wildman–Crippen LogP) is 1.49. The normalized spacial score (nSPS) is 19.0. The molecule has 104 valence electrons. The van der Waals surface area contributed by atoms with Crippen LogP contribution in [0.3, 0.4) is 0 Å². The zero-order chi connectivity index (χ0) is 14.0. The highest BCUT2D eigenvalue weighted by molar-refractivity contribution is 6.18. The smallest absolute Gasteiger partial charge is 0.343 e. The van der Waals surface area contributed by atoms with Crippen molar-refractivity contribution in [2.45, 2.75) is 20.3 Å². The lowest BCUT2D eigenvalue weighted by Gasteiger charge is -2.14. The van der Waals surface area contributed by atoms with Crippen LogP contribution in [0.4, 0.5) is 5.82 Å². The average molecular weight is 286 g/mol. The van der Waals surface area contributed by atoms with E-state index in [4.69, 9.17) is 16.3 Å². The summed E-state index contributed by atoms with van der Waals surface area (Å²) in [5.74, 6) is 0.323. The molecular formula is C12H16ClN3O3. The Morgan fingerprint density at radius 2 is 2.37 bits per heavy atom. The molecule has 19 heavy (non-hydrogen) atoms. The Kier molecular flexibility index (Phi) is 4.09. The van der Waals surface area contributed by atoms with Crippen LogP contribution in [0, 0.1) is 12.8 Å². The van der Waals surface area contributed by atoms with E-state index >= 15 is 0 Å². The fourth-order valence-corrected chi connectivity index (χ4v) is 2.36. The van der Waals surface area contributed by atoms with Crippen LogP contribution in [0.15, 0.2) is 0 Å². The van der Waals surface area contributed by atoms with Crippen LogP contribution in [-0.2, 0) is 9.53 Å². The lowest BCUT2D eigenvalue weighted by Crippen LogP contribution is -2.27. The predicted molar refractivity (Wildman–Crippen MR) is 70.5 cm³/mol. The number of hydrogen-bond donors (Lipinski definition) is 1. The molecular weight excluding hydrogens is 270 g/mol. The molecule has 0 saturated carbocycles. The number of aromatic nitrogens is 2. The number of ether oxygens (including phenoxy) is 1. The Bertz CT molecular complexity index is 500. The number of carbonyl (C=O) groups is 2. The van der Waals surface area contributed by atoms with Crippen molar-refractivity contribution in [3.8, 4) is 0 Å². The van der Waals surface area contributed by atoms with Crippen LogP contribution in [0.2, 0.25) is 0 Å². The molecule has 2 rings (SSSR count). The van der Waals surface area contributed by atoms with Gasteiger partial charge in [-0.3, -0.25) is 14.8 Å². The number of amides is 1. The Morgan fingerprint density at radius 1 is 1.63 bits per heavy atom. The second kappa shape index (κ2) is 5.61. The first-order valence-electron chi connectivity index (χ1n) is 6.16. The summed E-state index contributed by atoms with van der Waals surface area (Å²) in [5, 5.41) is 6.79. The van der Waals surface area contributed by atoms with E-state index in [-0.39, 0.29) is 18.4 Å². The molecule has 1 unspecified atom stereocenters. The van der Waals surface area contributed by atoms with E-state index in [1.807, 2.05) is 0 Å². The van der Waals surface area contributed by atoms with Crippen molar-refractivity contribution in [1.82, 2.24) is 10.2 Å². The number of esters is 1. The molecule has 1 aliphatic heterocycles. The molecule has 1 fully saturated rings. The summed E-state index contributed by atoms with van der Waals surface area (Å²) >= 11 is 5.78. The van der Waals surface area contributed by atoms with E-state index in [1.54, 1.807) is 13.8 Å². The summed E-state index contributed by atoms with van der Waals surface area (Å²) in [6, 6.07) is 0. The van der Waals surface area contributed by atoms with E-state index in [0.717, 1.165) is 0 Å². The molecule has 2 heterocycles. The van der Waals surface area contributed by atoms with Gasteiger partial charge in [-0.2, -0.15) is 5.10 Å². The molecule has 1 amide bonds. The van der Waals surface area contributed by atoms with Crippen molar-refractivity contribution < 1.29 is 14.3 Å². The van der Waals surface area contributed by atoms with E-state index in [1.165, 1.54) is 4.90 Å². The molecule has 6 nitrogen and oxygen atoms in total. The standard InChI is InChI=1S/C12H16ClN3O3/c1-3-19-12(18)10-7(2)14-15-11(10)16-6-8(5-13)4-9(16)17/h8H,3-6H2,1-2H3,(H,14,15). The molecule has 0 spiro atoms. The van der Waals surface area contributed by atoms with Gasteiger partial charge >= 0.3 is 5.97 Å². The average Bonchev–Trinajstić information content (AvgIpc) is 2.92. The summed E-state index contributed by atoms with van der Waals surface area (Å²) in [6.07, 6.45) is 0.387. The second-order valence-electron chi connectivity index (χ2n) is 4.50. The Morgan fingerprint density at radius 3 is 2.95 bits per heavy atom. The largest absolute Gasteiger partial charge is 0.462 e. The van der Waals surface area contributed by atoms with Crippen molar-refractivity contribution in [2.75, 3.05) is 23.9 Å². The number of alkyl halides is 1. The van der Waals surface area contributed by atoms with Gasteiger partial charge in [0.15, 0.2) is 5.82 Å². The van der Waals surface area contributed by atoms with E-state index in [9.17, 15) is 9.59 Å². The minimum Gasteiger partial charge on any atom is -0.462 e. The molecule has 0 aliphatic carbocycles. The minimum absolute atomic E-state index is 0.0669. The quantitative estimate of drug-likeness (QED) is 0.672. The molecule has 1 aromatic heterocycles. The fourth-order valence-electron chi connectivity index (χ4n) is 2.15. The van der Waals surface area contributed by atoms with Crippen LogP contribution >= 0.6 is 11.6 Å². The Balaban J connectivity index is 2.31. The number of halogens is 1. The lowest BCUT2D eigenvalue weighted by atomic mass is 10.1. The summed E-state index contributed by atoms with van der Waals surface area (Å²) < 4.78 is 4.99. The Hall–Kier alpha value is -1.56. The van der Waals surface area contributed by atoms with Crippen LogP contribution in [0.5, 0.6) is 0 Å². The number of nitrogens with zero attached hydrogens (tertiary/aromatic N) is 2. The molecule has 0 bridgehead atoms. The van der Waals surface area contributed by atoms with Gasteiger partial charge in [0, 0.05) is 24.5 Å². The van der Waals surface area contributed by atoms with E-state index in [2.05, 4.69) is 10.2 Å². The highest BCUT2D eigenvalue weighted by Gasteiger charge is 2.35. The maximum Gasteiger partial charge on any atom is 0.343 e. The molecule has 0 radical (unpaired) electrons. The van der Waals surface area contributed by atoms with Gasteiger partial charge < -0.3 is 4.74 Å². The zero-order valence-electron chi connectivity index (χ0n) is 10.9. The summed E-state index contributed by atoms with van der Waals surface area (Å²) in [7, 11) is 0. The third-order valence-electron chi connectivity index (χ3n) is 3.09. The first-order chi connectivity index (χ1) is 9.08. The zero-order valence-corrected chi connectivity index (χ0v) is 11.7. The molecule has 1 N–H and O–H groups in total. The molecule has 1 aromatic rings. The highest BCUT2D eigenvalue weighted by Crippen LogP contribution is 2.28. The second-order valence-corrected chi connectivity index (χ2v) is 4.81. The van der Waals surface area contributed by atoms with Crippen LogP contribution in [0.1, 0.15) is 29.4 Å².